The molecule has 0 saturated carbocycles. The van der Waals surface area contributed by atoms with Crippen LogP contribution < -0.4 is 10.1 Å². The van der Waals surface area contributed by atoms with Crippen molar-refractivity contribution in [3.8, 4) is 17.2 Å². The Morgan fingerprint density at radius 1 is 1.31 bits per heavy atom. The molecule has 1 atom stereocenters. The van der Waals surface area contributed by atoms with Gasteiger partial charge in [-0.2, -0.15) is 4.98 Å². The minimum atomic E-state index is -0.524. The predicted octanol–water partition coefficient (Wildman–Crippen LogP) is 2.47. The number of nitrogens with zero attached hydrogens (tertiary/aromatic N) is 3. The number of hydrogen-bond donors (Lipinski definition) is 1. The number of carbonyl (C=O) groups excluding carboxylic acids is 1. The number of methoxy groups -OCH3 is 1. The van der Waals surface area contributed by atoms with Crippen molar-refractivity contribution >= 4 is 6.09 Å². The van der Waals surface area contributed by atoms with Gasteiger partial charge in [-0.3, -0.25) is 4.90 Å². The van der Waals surface area contributed by atoms with Crippen LogP contribution in [-0.2, 0) is 16.0 Å². The number of hydrogen-bond acceptors (Lipinski definition) is 8. The summed E-state index contributed by atoms with van der Waals surface area (Å²) in [6, 6.07) is 7.46. The second-order valence-electron chi connectivity index (χ2n) is 7.85. The van der Waals surface area contributed by atoms with Crippen molar-refractivity contribution in [1.82, 2.24) is 20.4 Å². The maximum Gasteiger partial charge on any atom is 0.407 e. The molecule has 1 N–H and O–H groups in total. The Labute approximate surface area is 170 Å². The number of rotatable bonds is 6. The highest BCUT2D eigenvalue weighted by atomic mass is 16.6. The van der Waals surface area contributed by atoms with E-state index in [1.807, 2.05) is 45.0 Å². The summed E-state index contributed by atoms with van der Waals surface area (Å²) in [6.45, 7) is 8.41. The summed E-state index contributed by atoms with van der Waals surface area (Å²) in [5.74, 6) is 1.85. The average Bonchev–Trinajstić information content (AvgIpc) is 3.14. The van der Waals surface area contributed by atoms with E-state index < -0.39 is 11.7 Å². The molecule has 2 heterocycles. The van der Waals surface area contributed by atoms with Gasteiger partial charge in [-0.05, 0) is 45.0 Å². The van der Waals surface area contributed by atoms with Gasteiger partial charge in [-0.15, -0.1) is 0 Å². The molecule has 158 valence electrons. The van der Waals surface area contributed by atoms with E-state index in [-0.39, 0.29) is 6.10 Å². The fourth-order valence-electron chi connectivity index (χ4n) is 2.93. The zero-order valence-electron chi connectivity index (χ0n) is 17.3. The van der Waals surface area contributed by atoms with Crippen LogP contribution in [0.4, 0.5) is 4.79 Å². The SMILES string of the molecule is COc1ccc(-c2nc(CN3CCO[C@@H](CNC(=O)OC(C)(C)C)C3)no2)cc1. The number of morpholine rings is 1. The van der Waals surface area contributed by atoms with E-state index in [9.17, 15) is 4.79 Å². The molecular weight excluding hydrogens is 376 g/mol. The number of amides is 1. The number of ether oxygens (including phenoxy) is 3. The number of alkyl carbamates (subject to hydrolysis) is 1. The lowest BCUT2D eigenvalue weighted by Crippen LogP contribution is -2.47. The van der Waals surface area contributed by atoms with Gasteiger partial charge in [0, 0.05) is 25.2 Å². The first-order valence-electron chi connectivity index (χ1n) is 9.60. The molecule has 1 saturated heterocycles. The molecule has 0 spiro atoms. The highest BCUT2D eigenvalue weighted by Gasteiger charge is 2.24. The molecule has 1 aromatic heterocycles. The van der Waals surface area contributed by atoms with Gasteiger partial charge in [-0.25, -0.2) is 4.79 Å². The lowest BCUT2D eigenvalue weighted by atomic mass is 10.2. The van der Waals surface area contributed by atoms with Gasteiger partial charge in [0.15, 0.2) is 5.82 Å². The fraction of sp³-hybridized carbons (Fsp3) is 0.550. The van der Waals surface area contributed by atoms with Gasteiger partial charge in [0.2, 0.25) is 0 Å². The Hall–Kier alpha value is -2.65. The molecule has 1 aliphatic rings. The van der Waals surface area contributed by atoms with Crippen molar-refractivity contribution in [3.05, 3.63) is 30.1 Å². The summed E-state index contributed by atoms with van der Waals surface area (Å²) in [6.07, 6.45) is -0.565. The molecule has 0 aliphatic carbocycles. The van der Waals surface area contributed by atoms with Gasteiger partial charge in [-0.1, -0.05) is 5.16 Å². The summed E-state index contributed by atoms with van der Waals surface area (Å²) < 4.78 is 21.5. The first kappa shape index (κ1) is 21.1. The largest absolute Gasteiger partial charge is 0.497 e. The van der Waals surface area contributed by atoms with E-state index in [1.54, 1.807) is 7.11 Å². The van der Waals surface area contributed by atoms with Crippen LogP contribution in [0.15, 0.2) is 28.8 Å². The van der Waals surface area contributed by atoms with Crippen molar-refractivity contribution in [2.45, 2.75) is 39.0 Å². The van der Waals surface area contributed by atoms with E-state index >= 15 is 0 Å². The van der Waals surface area contributed by atoms with Gasteiger partial charge < -0.3 is 24.1 Å². The molecular formula is C20H28N4O5. The summed E-state index contributed by atoms with van der Waals surface area (Å²) in [7, 11) is 1.62. The minimum absolute atomic E-state index is 0.121. The van der Waals surface area contributed by atoms with Crippen molar-refractivity contribution in [2.75, 3.05) is 33.4 Å². The molecule has 9 heteroatoms. The normalized spacial score (nSPS) is 17.7. The molecule has 9 nitrogen and oxygen atoms in total. The summed E-state index contributed by atoms with van der Waals surface area (Å²) in [5.41, 5.74) is 0.315. The Morgan fingerprint density at radius 3 is 2.76 bits per heavy atom. The van der Waals surface area contributed by atoms with Crippen LogP contribution in [-0.4, -0.2) is 66.2 Å². The van der Waals surface area contributed by atoms with Crippen LogP contribution in [0, 0.1) is 0 Å². The average molecular weight is 404 g/mol. The molecule has 3 rings (SSSR count). The number of carbonyl (C=O) groups is 1. The van der Waals surface area contributed by atoms with E-state index in [0.717, 1.165) is 17.9 Å². The maximum absolute atomic E-state index is 11.8. The zero-order chi connectivity index (χ0) is 20.9. The first-order valence-corrected chi connectivity index (χ1v) is 9.60. The summed E-state index contributed by atoms with van der Waals surface area (Å²) >= 11 is 0. The third-order valence-electron chi connectivity index (χ3n) is 4.27. The molecule has 0 radical (unpaired) electrons. The van der Waals surface area contributed by atoms with Crippen molar-refractivity contribution in [2.24, 2.45) is 0 Å². The number of aromatic nitrogens is 2. The third kappa shape index (κ3) is 6.43. The number of benzene rings is 1. The van der Waals surface area contributed by atoms with Crippen LogP contribution in [0.2, 0.25) is 0 Å². The minimum Gasteiger partial charge on any atom is -0.497 e. The standard InChI is InChI=1S/C20H28N4O5/c1-20(2,3)28-19(25)21-11-16-12-24(9-10-27-16)13-17-22-18(29-23-17)14-5-7-15(26-4)8-6-14/h5-8,16H,9-13H2,1-4H3,(H,21,25)/t16-/m0/s1. The molecule has 2 aromatic rings. The monoisotopic (exact) mass is 404 g/mol. The van der Waals surface area contributed by atoms with E-state index in [4.69, 9.17) is 18.7 Å². The Kier molecular flexibility index (Phi) is 6.71. The molecule has 29 heavy (non-hydrogen) atoms. The third-order valence-corrected chi connectivity index (χ3v) is 4.27. The Bertz CT molecular complexity index is 800. The Balaban J connectivity index is 1.50. The van der Waals surface area contributed by atoms with Gasteiger partial charge in [0.1, 0.15) is 11.4 Å². The predicted molar refractivity (Wildman–Crippen MR) is 106 cm³/mol. The van der Waals surface area contributed by atoms with Crippen LogP contribution in [0.25, 0.3) is 11.5 Å². The van der Waals surface area contributed by atoms with Gasteiger partial charge in [0.05, 0.1) is 26.4 Å². The highest BCUT2D eigenvalue weighted by Crippen LogP contribution is 2.21. The Morgan fingerprint density at radius 2 is 2.07 bits per heavy atom. The lowest BCUT2D eigenvalue weighted by molar-refractivity contribution is -0.0321. The van der Waals surface area contributed by atoms with Crippen molar-refractivity contribution < 1.29 is 23.5 Å². The van der Waals surface area contributed by atoms with Crippen molar-refractivity contribution in [3.63, 3.8) is 0 Å². The molecule has 1 fully saturated rings. The quantitative estimate of drug-likeness (QED) is 0.784. The van der Waals surface area contributed by atoms with Gasteiger partial charge >= 0.3 is 6.09 Å². The second kappa shape index (κ2) is 9.23. The lowest BCUT2D eigenvalue weighted by Gasteiger charge is -2.32. The molecule has 1 aromatic carbocycles. The maximum atomic E-state index is 11.8. The smallest absolute Gasteiger partial charge is 0.407 e. The topological polar surface area (TPSA) is 99.0 Å². The van der Waals surface area contributed by atoms with Crippen LogP contribution in [0.5, 0.6) is 5.75 Å². The number of nitrogens with one attached hydrogen (secondary N) is 1. The molecule has 1 aliphatic heterocycles. The zero-order valence-corrected chi connectivity index (χ0v) is 17.3. The van der Waals surface area contributed by atoms with Crippen LogP contribution in [0.3, 0.4) is 0 Å². The second-order valence-corrected chi connectivity index (χ2v) is 7.85. The molecule has 0 unspecified atom stereocenters. The molecule has 0 bridgehead atoms. The van der Waals surface area contributed by atoms with E-state index in [2.05, 4.69) is 20.4 Å². The van der Waals surface area contributed by atoms with Gasteiger partial charge in [0.25, 0.3) is 5.89 Å². The summed E-state index contributed by atoms with van der Waals surface area (Å²) in [4.78, 5) is 18.5. The van der Waals surface area contributed by atoms with E-state index in [1.165, 1.54) is 0 Å². The van der Waals surface area contributed by atoms with Crippen molar-refractivity contribution in [1.29, 1.82) is 0 Å². The van der Waals surface area contributed by atoms with Crippen LogP contribution in [0.1, 0.15) is 26.6 Å². The fourth-order valence-corrected chi connectivity index (χ4v) is 2.93. The first-order chi connectivity index (χ1) is 13.8. The van der Waals surface area contributed by atoms with E-state index in [0.29, 0.717) is 38.0 Å². The van der Waals surface area contributed by atoms with Crippen LogP contribution >= 0.6 is 0 Å². The summed E-state index contributed by atoms with van der Waals surface area (Å²) in [5, 5.41) is 6.83. The highest BCUT2D eigenvalue weighted by molar-refractivity contribution is 5.67. The molecule has 1 amide bonds.